The summed E-state index contributed by atoms with van der Waals surface area (Å²) < 4.78 is 1.86. The highest BCUT2D eigenvalue weighted by Gasteiger charge is 2.13. The molecule has 2 N–H and O–H groups in total. The van der Waals surface area contributed by atoms with Gasteiger partial charge in [0.1, 0.15) is 12.2 Å². The lowest BCUT2D eigenvalue weighted by Gasteiger charge is -2.20. The third-order valence-electron chi connectivity index (χ3n) is 2.21. The van der Waals surface area contributed by atoms with Crippen LogP contribution in [0, 0.1) is 0 Å². The van der Waals surface area contributed by atoms with Gasteiger partial charge in [0.15, 0.2) is 0 Å². The Balaban J connectivity index is 2.33. The van der Waals surface area contributed by atoms with Gasteiger partial charge in [-0.15, -0.1) is 0 Å². The van der Waals surface area contributed by atoms with Crippen LogP contribution in [-0.2, 0) is 17.9 Å². The number of nitrogens with one attached hydrogen (secondary N) is 2. The highest BCUT2D eigenvalue weighted by atomic mass is 16.2. The molecule has 0 fully saturated rings. The largest absolute Gasteiger partial charge is 0.350 e. The van der Waals surface area contributed by atoms with Gasteiger partial charge in [0.05, 0.1) is 13.1 Å². The second-order valence-electron chi connectivity index (χ2n) is 5.30. The predicted molar refractivity (Wildman–Crippen MR) is 69.9 cm³/mol. The summed E-state index contributed by atoms with van der Waals surface area (Å²) >= 11 is 0. The first kappa shape index (κ1) is 14.6. The Labute approximate surface area is 108 Å². The maximum atomic E-state index is 11.6. The number of hydrogen-bond acceptors (Lipinski definition) is 4. The number of rotatable bonds is 6. The van der Waals surface area contributed by atoms with Gasteiger partial charge in [-0.05, 0) is 27.2 Å². The maximum Gasteiger partial charge on any atom is 0.234 e. The minimum atomic E-state index is -0.193. The Bertz CT molecular complexity index is 380. The summed E-state index contributed by atoms with van der Waals surface area (Å²) in [6.07, 6.45) is 2.56. The van der Waals surface area contributed by atoms with Crippen molar-refractivity contribution in [3.8, 4) is 0 Å². The fraction of sp³-hybridized carbons (Fsp3) is 0.750. The molecule has 0 unspecified atom stereocenters. The molecule has 1 aromatic heterocycles. The molecule has 0 aromatic carbocycles. The van der Waals surface area contributed by atoms with Crippen molar-refractivity contribution < 1.29 is 4.79 Å². The van der Waals surface area contributed by atoms with Crippen molar-refractivity contribution >= 4 is 5.91 Å². The summed E-state index contributed by atoms with van der Waals surface area (Å²) in [6, 6.07) is 0. The normalized spacial score (nSPS) is 11.6. The van der Waals surface area contributed by atoms with Crippen molar-refractivity contribution in [2.45, 2.75) is 52.7 Å². The van der Waals surface area contributed by atoms with E-state index in [1.54, 1.807) is 6.33 Å². The molecule has 0 aliphatic carbocycles. The lowest BCUT2D eigenvalue weighted by atomic mass is 10.1. The summed E-state index contributed by atoms with van der Waals surface area (Å²) in [5.41, 5.74) is -0.193. The van der Waals surface area contributed by atoms with E-state index in [0.29, 0.717) is 6.54 Å². The van der Waals surface area contributed by atoms with Gasteiger partial charge < -0.3 is 10.6 Å². The predicted octanol–water partition coefficient (Wildman–Crippen LogP) is 0.692. The van der Waals surface area contributed by atoms with Gasteiger partial charge in [0.2, 0.25) is 5.91 Å². The molecular weight excluding hydrogens is 230 g/mol. The molecular formula is C12H23N5O. The summed E-state index contributed by atoms with van der Waals surface area (Å²) in [4.78, 5) is 15.7. The maximum absolute atomic E-state index is 11.6. The van der Waals surface area contributed by atoms with E-state index in [9.17, 15) is 4.79 Å². The summed E-state index contributed by atoms with van der Waals surface area (Å²) in [7, 11) is 0. The minimum Gasteiger partial charge on any atom is -0.350 e. The molecule has 1 aromatic rings. The van der Waals surface area contributed by atoms with Crippen molar-refractivity contribution in [1.82, 2.24) is 25.4 Å². The van der Waals surface area contributed by atoms with E-state index in [0.717, 1.165) is 18.8 Å². The Kier molecular flexibility index (Phi) is 5.27. The van der Waals surface area contributed by atoms with E-state index in [1.807, 2.05) is 25.5 Å². The standard InChI is InChI=1S/C12H23N5O/c1-5-6-17-10(14-9-15-17)7-13-8-11(18)16-12(2,3)4/h9,13H,5-8H2,1-4H3,(H,16,18). The molecule has 1 amide bonds. The second-order valence-corrected chi connectivity index (χ2v) is 5.30. The Morgan fingerprint density at radius 3 is 2.78 bits per heavy atom. The fourth-order valence-corrected chi connectivity index (χ4v) is 1.57. The van der Waals surface area contributed by atoms with Crippen molar-refractivity contribution in [3.63, 3.8) is 0 Å². The zero-order valence-corrected chi connectivity index (χ0v) is 11.7. The Hall–Kier alpha value is -1.43. The molecule has 0 saturated heterocycles. The smallest absolute Gasteiger partial charge is 0.234 e. The van der Waals surface area contributed by atoms with E-state index in [2.05, 4.69) is 27.6 Å². The van der Waals surface area contributed by atoms with E-state index in [4.69, 9.17) is 0 Å². The van der Waals surface area contributed by atoms with Gasteiger partial charge >= 0.3 is 0 Å². The summed E-state index contributed by atoms with van der Waals surface area (Å²) in [6.45, 7) is 9.67. The monoisotopic (exact) mass is 253 g/mol. The molecule has 0 atom stereocenters. The molecule has 1 rings (SSSR count). The molecule has 0 bridgehead atoms. The molecule has 0 radical (unpaired) electrons. The fourth-order valence-electron chi connectivity index (χ4n) is 1.57. The van der Waals surface area contributed by atoms with Crippen LogP contribution >= 0.6 is 0 Å². The van der Waals surface area contributed by atoms with Crippen LogP contribution in [0.4, 0.5) is 0 Å². The third kappa shape index (κ3) is 5.27. The van der Waals surface area contributed by atoms with Gasteiger partial charge in [-0.1, -0.05) is 6.92 Å². The number of aromatic nitrogens is 3. The average molecular weight is 253 g/mol. The van der Waals surface area contributed by atoms with Gasteiger partial charge in [0.25, 0.3) is 0 Å². The van der Waals surface area contributed by atoms with Crippen molar-refractivity contribution in [1.29, 1.82) is 0 Å². The van der Waals surface area contributed by atoms with Crippen molar-refractivity contribution in [3.05, 3.63) is 12.2 Å². The first-order valence-corrected chi connectivity index (χ1v) is 6.31. The van der Waals surface area contributed by atoms with Crippen LogP contribution in [-0.4, -0.2) is 32.8 Å². The van der Waals surface area contributed by atoms with Gasteiger partial charge in [-0.3, -0.25) is 4.79 Å². The topological polar surface area (TPSA) is 71.8 Å². The van der Waals surface area contributed by atoms with Crippen LogP contribution in [0.2, 0.25) is 0 Å². The van der Waals surface area contributed by atoms with Crippen molar-refractivity contribution in [2.75, 3.05) is 6.54 Å². The molecule has 6 heteroatoms. The molecule has 18 heavy (non-hydrogen) atoms. The van der Waals surface area contributed by atoms with Crippen LogP contribution in [0.1, 0.15) is 39.9 Å². The summed E-state index contributed by atoms with van der Waals surface area (Å²) in [5.74, 6) is 0.851. The zero-order chi connectivity index (χ0) is 13.6. The van der Waals surface area contributed by atoms with E-state index < -0.39 is 0 Å². The zero-order valence-electron chi connectivity index (χ0n) is 11.7. The molecule has 0 spiro atoms. The number of carbonyl (C=O) groups excluding carboxylic acids is 1. The number of hydrogen-bond donors (Lipinski definition) is 2. The van der Waals surface area contributed by atoms with E-state index >= 15 is 0 Å². The molecule has 0 aliphatic heterocycles. The van der Waals surface area contributed by atoms with Crippen LogP contribution in [0.15, 0.2) is 6.33 Å². The first-order valence-electron chi connectivity index (χ1n) is 6.31. The molecule has 1 heterocycles. The minimum absolute atomic E-state index is 0.0101. The SMILES string of the molecule is CCCn1ncnc1CNCC(=O)NC(C)(C)C. The van der Waals surface area contributed by atoms with Crippen molar-refractivity contribution in [2.24, 2.45) is 0 Å². The highest BCUT2D eigenvalue weighted by molar-refractivity contribution is 5.78. The average Bonchev–Trinajstić information content (AvgIpc) is 2.64. The van der Waals surface area contributed by atoms with Crippen LogP contribution in [0.25, 0.3) is 0 Å². The summed E-state index contributed by atoms with van der Waals surface area (Å²) in [5, 5.41) is 10.1. The molecule has 0 aliphatic rings. The van der Waals surface area contributed by atoms with Crippen LogP contribution in [0.5, 0.6) is 0 Å². The second kappa shape index (κ2) is 6.49. The Morgan fingerprint density at radius 1 is 1.44 bits per heavy atom. The third-order valence-corrected chi connectivity index (χ3v) is 2.21. The quantitative estimate of drug-likeness (QED) is 0.782. The highest BCUT2D eigenvalue weighted by Crippen LogP contribution is 1.98. The Morgan fingerprint density at radius 2 is 2.17 bits per heavy atom. The molecule has 6 nitrogen and oxygen atoms in total. The molecule has 102 valence electrons. The number of nitrogens with zero attached hydrogens (tertiary/aromatic N) is 3. The lowest BCUT2D eigenvalue weighted by Crippen LogP contribution is -2.44. The van der Waals surface area contributed by atoms with E-state index in [1.165, 1.54) is 0 Å². The number of aryl methyl sites for hydroxylation is 1. The number of amides is 1. The lowest BCUT2D eigenvalue weighted by molar-refractivity contribution is -0.121. The van der Waals surface area contributed by atoms with Gasteiger partial charge in [0, 0.05) is 12.1 Å². The van der Waals surface area contributed by atoms with E-state index in [-0.39, 0.29) is 18.0 Å². The molecule has 0 saturated carbocycles. The van der Waals surface area contributed by atoms with Crippen LogP contribution in [0.3, 0.4) is 0 Å². The van der Waals surface area contributed by atoms with Gasteiger partial charge in [-0.2, -0.15) is 5.10 Å². The van der Waals surface area contributed by atoms with Gasteiger partial charge in [-0.25, -0.2) is 9.67 Å². The first-order chi connectivity index (χ1) is 8.42. The van der Waals surface area contributed by atoms with Crippen LogP contribution < -0.4 is 10.6 Å². The number of carbonyl (C=O) groups is 1.